The van der Waals surface area contributed by atoms with Crippen molar-refractivity contribution in [2.24, 2.45) is 12.8 Å². The number of nitrogens with zero attached hydrogens (tertiary/aromatic N) is 2. The molecule has 0 aliphatic rings. The first-order valence-electron chi connectivity index (χ1n) is 3.46. The monoisotopic (exact) mass is 153 g/mol. The summed E-state index contributed by atoms with van der Waals surface area (Å²) in [6.07, 6.45) is 2.15. The summed E-state index contributed by atoms with van der Waals surface area (Å²) in [6.45, 7) is 0.518. The molecule has 0 fully saturated rings. The lowest BCUT2D eigenvalue weighted by molar-refractivity contribution is 0.717. The Balaban J connectivity index is 3.06. The van der Waals surface area contributed by atoms with Gasteiger partial charge in [0.15, 0.2) is 0 Å². The second-order valence-corrected chi connectivity index (χ2v) is 2.30. The number of aromatic nitrogens is 2. The van der Waals surface area contributed by atoms with Gasteiger partial charge in [-0.25, -0.2) is 4.98 Å². The maximum absolute atomic E-state index is 11.0. The Bertz CT molecular complexity index is 292. The first kappa shape index (κ1) is 7.94. The lowest BCUT2D eigenvalue weighted by Gasteiger charge is -2.02. The smallest absolute Gasteiger partial charge is 0.253 e. The predicted molar refractivity (Wildman–Crippen MR) is 42.2 cm³/mol. The van der Waals surface area contributed by atoms with E-state index in [0.29, 0.717) is 13.0 Å². The Morgan fingerprint density at radius 1 is 1.73 bits per heavy atom. The topological polar surface area (TPSA) is 60.9 Å². The third kappa shape index (κ3) is 1.65. The van der Waals surface area contributed by atoms with E-state index in [4.69, 9.17) is 5.73 Å². The minimum absolute atomic E-state index is 0.0385. The second kappa shape index (κ2) is 3.30. The normalized spacial score (nSPS) is 10.0. The van der Waals surface area contributed by atoms with Crippen LogP contribution in [0.1, 0.15) is 5.82 Å². The van der Waals surface area contributed by atoms with E-state index < -0.39 is 0 Å². The molecule has 11 heavy (non-hydrogen) atoms. The molecule has 60 valence electrons. The Morgan fingerprint density at radius 3 is 3.09 bits per heavy atom. The Hall–Kier alpha value is -1.16. The van der Waals surface area contributed by atoms with Gasteiger partial charge in [0.05, 0.1) is 0 Å². The van der Waals surface area contributed by atoms with E-state index in [1.165, 1.54) is 16.8 Å². The standard InChI is InChI=1S/C7H11N3O/c1-10-6(2-4-8)9-5-3-7(10)11/h3,5H,2,4,8H2,1H3. The molecule has 1 heterocycles. The highest BCUT2D eigenvalue weighted by molar-refractivity contribution is 4.92. The zero-order chi connectivity index (χ0) is 8.27. The molecule has 4 nitrogen and oxygen atoms in total. The van der Waals surface area contributed by atoms with Gasteiger partial charge in [0.1, 0.15) is 5.82 Å². The molecule has 0 unspecified atom stereocenters. The van der Waals surface area contributed by atoms with E-state index in [2.05, 4.69) is 4.98 Å². The molecule has 0 saturated carbocycles. The van der Waals surface area contributed by atoms with E-state index in [9.17, 15) is 4.79 Å². The van der Waals surface area contributed by atoms with Crippen molar-refractivity contribution in [2.45, 2.75) is 6.42 Å². The van der Waals surface area contributed by atoms with Gasteiger partial charge in [-0.2, -0.15) is 0 Å². The van der Waals surface area contributed by atoms with Crippen LogP contribution in [0, 0.1) is 0 Å². The molecule has 0 aliphatic heterocycles. The van der Waals surface area contributed by atoms with Gasteiger partial charge in [-0.05, 0) is 6.54 Å². The summed E-state index contributed by atoms with van der Waals surface area (Å²) >= 11 is 0. The van der Waals surface area contributed by atoms with Crippen molar-refractivity contribution in [3.8, 4) is 0 Å². The SMILES string of the molecule is Cn1c(CCN)nccc1=O. The number of hydrogen-bond donors (Lipinski definition) is 1. The maximum atomic E-state index is 11.0. The zero-order valence-electron chi connectivity index (χ0n) is 6.45. The van der Waals surface area contributed by atoms with E-state index in [1.807, 2.05) is 0 Å². The molecule has 1 aromatic heterocycles. The Kier molecular flexibility index (Phi) is 2.38. The highest BCUT2D eigenvalue weighted by Crippen LogP contribution is 1.87. The Morgan fingerprint density at radius 2 is 2.45 bits per heavy atom. The third-order valence-electron chi connectivity index (χ3n) is 1.53. The summed E-state index contributed by atoms with van der Waals surface area (Å²) < 4.78 is 1.51. The van der Waals surface area contributed by atoms with Crippen LogP contribution >= 0.6 is 0 Å². The van der Waals surface area contributed by atoms with Crippen molar-refractivity contribution in [3.63, 3.8) is 0 Å². The number of hydrogen-bond acceptors (Lipinski definition) is 3. The molecule has 0 aliphatic carbocycles. The van der Waals surface area contributed by atoms with Crippen LogP contribution in [-0.2, 0) is 13.5 Å². The minimum atomic E-state index is -0.0385. The quantitative estimate of drug-likeness (QED) is 0.610. The molecule has 0 amide bonds. The second-order valence-electron chi connectivity index (χ2n) is 2.30. The van der Waals surface area contributed by atoms with Crippen LogP contribution in [-0.4, -0.2) is 16.1 Å². The molecular formula is C7H11N3O. The van der Waals surface area contributed by atoms with Crippen molar-refractivity contribution < 1.29 is 0 Å². The summed E-state index contributed by atoms with van der Waals surface area (Å²) in [5, 5.41) is 0. The van der Waals surface area contributed by atoms with Gasteiger partial charge in [0, 0.05) is 25.7 Å². The average molecular weight is 153 g/mol. The lowest BCUT2D eigenvalue weighted by atomic mass is 10.4. The average Bonchev–Trinajstić information content (AvgIpc) is 1.99. The van der Waals surface area contributed by atoms with Gasteiger partial charge in [-0.1, -0.05) is 0 Å². The van der Waals surface area contributed by atoms with E-state index in [1.54, 1.807) is 7.05 Å². The fraction of sp³-hybridized carbons (Fsp3) is 0.429. The highest BCUT2D eigenvalue weighted by Gasteiger charge is 1.97. The van der Waals surface area contributed by atoms with E-state index >= 15 is 0 Å². The van der Waals surface area contributed by atoms with Crippen LogP contribution in [0.2, 0.25) is 0 Å². The fourth-order valence-corrected chi connectivity index (χ4v) is 0.874. The maximum Gasteiger partial charge on any atom is 0.253 e. The van der Waals surface area contributed by atoms with Gasteiger partial charge in [-0.15, -0.1) is 0 Å². The summed E-state index contributed by atoms with van der Waals surface area (Å²) in [5.41, 5.74) is 5.29. The minimum Gasteiger partial charge on any atom is -0.330 e. The first-order chi connectivity index (χ1) is 5.25. The summed E-state index contributed by atoms with van der Waals surface area (Å²) in [6, 6.07) is 1.43. The molecule has 4 heteroatoms. The Labute approximate surface area is 64.7 Å². The third-order valence-corrected chi connectivity index (χ3v) is 1.53. The molecule has 0 saturated heterocycles. The molecule has 0 bridgehead atoms. The number of rotatable bonds is 2. The van der Waals surface area contributed by atoms with Crippen LogP contribution in [0.15, 0.2) is 17.1 Å². The molecule has 0 radical (unpaired) electrons. The van der Waals surface area contributed by atoms with Crippen LogP contribution in [0.25, 0.3) is 0 Å². The molecule has 2 N–H and O–H groups in total. The van der Waals surface area contributed by atoms with Crippen LogP contribution in [0.5, 0.6) is 0 Å². The molecule has 1 aromatic rings. The van der Waals surface area contributed by atoms with Crippen molar-refractivity contribution in [1.82, 2.24) is 9.55 Å². The zero-order valence-corrected chi connectivity index (χ0v) is 6.45. The van der Waals surface area contributed by atoms with Crippen molar-refractivity contribution >= 4 is 0 Å². The van der Waals surface area contributed by atoms with Gasteiger partial charge in [-0.3, -0.25) is 9.36 Å². The van der Waals surface area contributed by atoms with Crippen LogP contribution in [0.3, 0.4) is 0 Å². The fourth-order valence-electron chi connectivity index (χ4n) is 0.874. The molecule has 0 atom stereocenters. The summed E-state index contributed by atoms with van der Waals surface area (Å²) in [7, 11) is 1.69. The van der Waals surface area contributed by atoms with Crippen molar-refractivity contribution in [1.29, 1.82) is 0 Å². The summed E-state index contributed by atoms with van der Waals surface area (Å²) in [4.78, 5) is 15.0. The van der Waals surface area contributed by atoms with Crippen molar-refractivity contribution in [2.75, 3.05) is 6.54 Å². The highest BCUT2D eigenvalue weighted by atomic mass is 16.1. The number of nitrogens with two attached hydrogens (primary N) is 1. The van der Waals surface area contributed by atoms with Gasteiger partial charge < -0.3 is 5.73 Å². The first-order valence-corrected chi connectivity index (χ1v) is 3.46. The van der Waals surface area contributed by atoms with E-state index in [0.717, 1.165) is 5.82 Å². The van der Waals surface area contributed by atoms with Gasteiger partial charge >= 0.3 is 0 Å². The molecule has 1 rings (SSSR count). The van der Waals surface area contributed by atoms with Crippen LogP contribution in [0.4, 0.5) is 0 Å². The molecule has 0 spiro atoms. The lowest BCUT2D eigenvalue weighted by Crippen LogP contribution is -2.22. The van der Waals surface area contributed by atoms with Gasteiger partial charge in [0.25, 0.3) is 5.56 Å². The van der Waals surface area contributed by atoms with Crippen LogP contribution < -0.4 is 11.3 Å². The van der Waals surface area contributed by atoms with E-state index in [-0.39, 0.29) is 5.56 Å². The predicted octanol–water partition coefficient (Wildman–Crippen LogP) is -0.719. The molecule has 0 aromatic carbocycles. The molecular weight excluding hydrogens is 142 g/mol. The van der Waals surface area contributed by atoms with Gasteiger partial charge in [0.2, 0.25) is 0 Å². The largest absolute Gasteiger partial charge is 0.330 e. The van der Waals surface area contributed by atoms with Crippen molar-refractivity contribution in [3.05, 3.63) is 28.4 Å². The summed E-state index contributed by atoms with van der Waals surface area (Å²) in [5.74, 6) is 0.736.